The molecule has 3 aromatic carbocycles. The Bertz CT molecular complexity index is 1570. The van der Waals surface area contributed by atoms with E-state index in [-0.39, 0.29) is 24.7 Å². The van der Waals surface area contributed by atoms with Gasteiger partial charge >= 0.3 is 11.9 Å². The molecule has 1 aliphatic carbocycles. The number of hydrogen-bond donors (Lipinski definition) is 1. The number of methoxy groups -OCH3 is 3. The van der Waals surface area contributed by atoms with Gasteiger partial charge in [0.25, 0.3) is 0 Å². The highest BCUT2D eigenvalue weighted by molar-refractivity contribution is 6.04. The van der Waals surface area contributed by atoms with Crippen molar-refractivity contribution in [1.29, 1.82) is 0 Å². The van der Waals surface area contributed by atoms with E-state index >= 15 is 0 Å². The Hall–Kier alpha value is -4.85. The van der Waals surface area contributed by atoms with Gasteiger partial charge in [-0.25, -0.2) is 9.59 Å². The van der Waals surface area contributed by atoms with E-state index in [1.54, 1.807) is 38.5 Å². The van der Waals surface area contributed by atoms with Crippen molar-refractivity contribution in [3.05, 3.63) is 118 Å². The number of hydrogen-bond acceptors (Lipinski definition) is 8. The average molecular weight is 568 g/mol. The van der Waals surface area contributed by atoms with Gasteiger partial charge in [0, 0.05) is 29.3 Å². The molecule has 3 aromatic rings. The van der Waals surface area contributed by atoms with Crippen molar-refractivity contribution in [1.82, 2.24) is 5.32 Å². The zero-order valence-corrected chi connectivity index (χ0v) is 24.1. The molecule has 5 rings (SSSR count). The molecule has 8 nitrogen and oxygen atoms in total. The van der Waals surface area contributed by atoms with Crippen molar-refractivity contribution < 1.29 is 33.3 Å². The van der Waals surface area contributed by atoms with Crippen LogP contribution in [-0.4, -0.2) is 39.1 Å². The number of allylic oxidation sites excluding steroid dienone is 3. The third-order valence-electron chi connectivity index (χ3n) is 7.80. The number of ether oxygens (including phenoxy) is 4. The van der Waals surface area contributed by atoms with Gasteiger partial charge in [0.1, 0.15) is 6.61 Å². The van der Waals surface area contributed by atoms with E-state index in [4.69, 9.17) is 18.9 Å². The fourth-order valence-corrected chi connectivity index (χ4v) is 5.72. The molecule has 0 unspecified atom stereocenters. The molecule has 2 aliphatic rings. The van der Waals surface area contributed by atoms with Crippen molar-refractivity contribution in [2.45, 2.75) is 38.2 Å². The maximum absolute atomic E-state index is 13.9. The summed E-state index contributed by atoms with van der Waals surface area (Å²) in [6, 6.07) is 21.9. The monoisotopic (exact) mass is 567 g/mol. The lowest BCUT2D eigenvalue weighted by molar-refractivity contribution is -0.140. The van der Waals surface area contributed by atoms with E-state index in [2.05, 4.69) is 5.32 Å². The third kappa shape index (κ3) is 5.65. The Morgan fingerprint density at radius 2 is 1.52 bits per heavy atom. The van der Waals surface area contributed by atoms with E-state index < -0.39 is 17.9 Å². The highest BCUT2D eigenvalue weighted by Gasteiger charge is 2.41. The van der Waals surface area contributed by atoms with E-state index in [1.165, 1.54) is 7.11 Å². The van der Waals surface area contributed by atoms with Crippen molar-refractivity contribution >= 4 is 17.7 Å². The number of benzene rings is 3. The summed E-state index contributed by atoms with van der Waals surface area (Å²) in [6.07, 6.45) is 0.828. The molecule has 216 valence electrons. The maximum atomic E-state index is 13.9. The Kier molecular flexibility index (Phi) is 8.43. The predicted molar refractivity (Wildman–Crippen MR) is 156 cm³/mol. The van der Waals surface area contributed by atoms with Gasteiger partial charge in [0.15, 0.2) is 17.3 Å². The minimum Gasteiger partial charge on any atom is -0.493 e. The van der Waals surface area contributed by atoms with Crippen LogP contribution < -0.4 is 14.8 Å². The molecule has 0 saturated heterocycles. The van der Waals surface area contributed by atoms with Gasteiger partial charge in [-0.1, -0.05) is 48.5 Å². The molecule has 1 heterocycles. The largest absolute Gasteiger partial charge is 0.493 e. The highest BCUT2D eigenvalue weighted by Crippen LogP contribution is 2.46. The zero-order chi connectivity index (χ0) is 29.8. The predicted octanol–water partition coefficient (Wildman–Crippen LogP) is 5.60. The number of nitrogens with one attached hydrogen (secondary N) is 1. The summed E-state index contributed by atoms with van der Waals surface area (Å²) in [6.45, 7) is 1.93. The Balaban J connectivity index is 1.52. The average Bonchev–Trinajstić information content (AvgIpc) is 3.02. The molecule has 0 spiro atoms. The molecular formula is C34H33NO7. The van der Waals surface area contributed by atoms with E-state index in [9.17, 15) is 14.4 Å². The van der Waals surface area contributed by atoms with Crippen molar-refractivity contribution in [3.8, 4) is 11.5 Å². The normalized spacial score (nSPS) is 18.1. The van der Waals surface area contributed by atoms with Gasteiger partial charge in [0.2, 0.25) is 0 Å². The summed E-state index contributed by atoms with van der Waals surface area (Å²) in [5.41, 5.74) is 5.20. The van der Waals surface area contributed by atoms with Crippen LogP contribution in [0.4, 0.5) is 0 Å². The first kappa shape index (κ1) is 28.7. The Morgan fingerprint density at radius 1 is 0.833 bits per heavy atom. The SMILES string of the molecule is COC(=O)c1ccc([C@@H]2C(C(=O)OCc3ccccc3)=C(C)NC3=C2C(=O)C[C@@H](c2ccc(OC)c(OC)c2)C3)cc1. The molecule has 0 bridgehead atoms. The standard InChI is InChI=1S/C34H33NO7/c1-20-30(34(38)42-19-21-8-6-5-7-9-21)31(22-10-12-23(13-11-22)33(37)41-4)32-26(35-20)16-25(17-27(32)36)24-14-15-28(39-2)29(18-24)40-3/h5-15,18,25,31,35H,16-17,19H2,1-4H3/t25-,31+/m0/s1. The lowest BCUT2D eigenvalue weighted by Gasteiger charge is -2.36. The lowest BCUT2D eigenvalue weighted by atomic mass is 9.71. The summed E-state index contributed by atoms with van der Waals surface area (Å²) in [4.78, 5) is 39.7. The van der Waals surface area contributed by atoms with E-state index in [1.807, 2.05) is 55.5 Å². The van der Waals surface area contributed by atoms with Crippen LogP contribution in [0.15, 0.2) is 95.3 Å². The number of ketones is 1. The summed E-state index contributed by atoms with van der Waals surface area (Å²) in [7, 11) is 4.49. The van der Waals surface area contributed by atoms with Crippen LogP contribution in [0.1, 0.15) is 58.6 Å². The van der Waals surface area contributed by atoms with Crippen LogP contribution in [0.5, 0.6) is 11.5 Å². The number of esters is 2. The number of dihydropyridines is 1. The fraction of sp³-hybridized carbons (Fsp3) is 0.265. The van der Waals surface area contributed by atoms with E-state index in [0.717, 1.165) is 16.8 Å². The first-order valence-corrected chi connectivity index (χ1v) is 13.7. The van der Waals surface area contributed by atoms with E-state index in [0.29, 0.717) is 45.9 Å². The van der Waals surface area contributed by atoms with Crippen LogP contribution in [0, 0.1) is 0 Å². The summed E-state index contributed by atoms with van der Waals surface area (Å²) < 4.78 is 21.5. The second-order valence-corrected chi connectivity index (χ2v) is 10.3. The number of rotatable bonds is 8. The molecule has 42 heavy (non-hydrogen) atoms. The first-order chi connectivity index (χ1) is 20.3. The van der Waals surface area contributed by atoms with Crippen LogP contribution in [0.2, 0.25) is 0 Å². The summed E-state index contributed by atoms with van der Waals surface area (Å²) in [5.74, 6) is -0.569. The Labute approximate surface area is 244 Å². The summed E-state index contributed by atoms with van der Waals surface area (Å²) in [5, 5.41) is 3.37. The van der Waals surface area contributed by atoms with Gasteiger partial charge in [-0.05, 0) is 60.2 Å². The van der Waals surface area contributed by atoms with Gasteiger partial charge in [-0.15, -0.1) is 0 Å². The molecule has 0 amide bonds. The molecule has 0 fully saturated rings. The van der Waals surface area contributed by atoms with Gasteiger partial charge in [0.05, 0.1) is 32.5 Å². The fourth-order valence-electron chi connectivity index (χ4n) is 5.72. The van der Waals surface area contributed by atoms with Gasteiger partial charge in [-0.3, -0.25) is 4.79 Å². The second kappa shape index (κ2) is 12.3. The molecule has 8 heteroatoms. The summed E-state index contributed by atoms with van der Waals surface area (Å²) >= 11 is 0. The minimum atomic E-state index is -0.657. The zero-order valence-electron chi connectivity index (χ0n) is 24.1. The molecule has 0 radical (unpaired) electrons. The number of Topliss-reactive ketones (excluding diaryl/α,β-unsaturated/α-hetero) is 1. The molecule has 0 saturated carbocycles. The smallest absolute Gasteiger partial charge is 0.337 e. The van der Waals surface area contributed by atoms with Crippen LogP contribution >= 0.6 is 0 Å². The highest BCUT2D eigenvalue weighted by atomic mass is 16.5. The third-order valence-corrected chi connectivity index (χ3v) is 7.80. The first-order valence-electron chi connectivity index (χ1n) is 13.7. The maximum Gasteiger partial charge on any atom is 0.337 e. The second-order valence-electron chi connectivity index (χ2n) is 10.3. The van der Waals surface area contributed by atoms with Crippen molar-refractivity contribution in [2.24, 2.45) is 0 Å². The Morgan fingerprint density at radius 3 is 2.19 bits per heavy atom. The van der Waals surface area contributed by atoms with Crippen LogP contribution in [0.25, 0.3) is 0 Å². The van der Waals surface area contributed by atoms with Crippen LogP contribution in [-0.2, 0) is 25.7 Å². The molecule has 0 aromatic heterocycles. The van der Waals surface area contributed by atoms with Crippen LogP contribution in [0.3, 0.4) is 0 Å². The quantitative estimate of drug-likeness (QED) is 0.352. The van der Waals surface area contributed by atoms with Crippen molar-refractivity contribution in [2.75, 3.05) is 21.3 Å². The number of carbonyl (C=O) groups excluding carboxylic acids is 3. The topological polar surface area (TPSA) is 100 Å². The molecule has 1 aliphatic heterocycles. The lowest BCUT2D eigenvalue weighted by Crippen LogP contribution is -2.36. The molecule has 1 N–H and O–H groups in total. The van der Waals surface area contributed by atoms with Gasteiger partial charge in [-0.2, -0.15) is 0 Å². The molecular weight excluding hydrogens is 534 g/mol. The number of carbonyl (C=O) groups is 3. The molecule has 2 atom stereocenters. The van der Waals surface area contributed by atoms with Crippen molar-refractivity contribution in [3.63, 3.8) is 0 Å². The minimum absolute atomic E-state index is 0.0635. The van der Waals surface area contributed by atoms with Gasteiger partial charge < -0.3 is 24.3 Å².